The molecule has 1 heterocycles. The Morgan fingerprint density at radius 1 is 0.895 bits per heavy atom. The predicted molar refractivity (Wildman–Crippen MR) is 140 cm³/mol. The minimum Gasteiger partial charge on any atom is -0.477 e. The van der Waals surface area contributed by atoms with Gasteiger partial charge in [0.2, 0.25) is 0 Å². The number of halogens is 5. The highest BCUT2D eigenvalue weighted by molar-refractivity contribution is 6.30. The molecule has 0 unspecified atom stereocenters. The molecule has 5 rings (SSSR count). The SMILES string of the molecule is Cc1cc(-c2c(C(=O)O)n(Cc3cccc(C(F)(F)F)c3)c3ccc(-c4ccc(Cl)cc4)cc23)ccc1F. The van der Waals surface area contributed by atoms with Crippen molar-refractivity contribution in [2.24, 2.45) is 0 Å². The summed E-state index contributed by atoms with van der Waals surface area (Å²) in [5, 5.41) is 11.5. The second-order valence-electron chi connectivity index (χ2n) is 9.02. The molecule has 0 spiro atoms. The Balaban J connectivity index is 1.78. The fourth-order valence-electron chi connectivity index (χ4n) is 4.68. The number of hydrogen-bond acceptors (Lipinski definition) is 1. The number of rotatable bonds is 5. The van der Waals surface area contributed by atoms with Gasteiger partial charge >= 0.3 is 12.1 Å². The maximum absolute atomic E-state index is 14.1. The molecule has 0 fully saturated rings. The van der Waals surface area contributed by atoms with Gasteiger partial charge in [0.05, 0.1) is 5.56 Å². The largest absolute Gasteiger partial charge is 0.477 e. The summed E-state index contributed by atoms with van der Waals surface area (Å²) in [4.78, 5) is 12.7. The van der Waals surface area contributed by atoms with Gasteiger partial charge in [0, 0.05) is 28.0 Å². The fraction of sp³-hybridized carbons (Fsp3) is 0.100. The van der Waals surface area contributed by atoms with Crippen LogP contribution in [0.15, 0.2) is 84.9 Å². The molecular weight excluding hydrogens is 518 g/mol. The molecule has 0 saturated heterocycles. The first kappa shape index (κ1) is 25.5. The zero-order chi connectivity index (χ0) is 27.2. The van der Waals surface area contributed by atoms with E-state index in [9.17, 15) is 27.5 Å². The van der Waals surface area contributed by atoms with E-state index in [1.807, 2.05) is 24.3 Å². The van der Waals surface area contributed by atoms with Crippen LogP contribution in [0.3, 0.4) is 0 Å². The van der Waals surface area contributed by atoms with Crippen molar-refractivity contribution in [2.45, 2.75) is 19.6 Å². The van der Waals surface area contributed by atoms with E-state index in [-0.39, 0.29) is 12.2 Å². The van der Waals surface area contributed by atoms with E-state index in [0.29, 0.717) is 38.2 Å². The Kier molecular flexibility index (Phi) is 6.49. The molecule has 38 heavy (non-hydrogen) atoms. The molecule has 0 amide bonds. The number of carboxylic acid groups (broad SMARTS) is 1. The van der Waals surface area contributed by atoms with Crippen LogP contribution in [-0.2, 0) is 12.7 Å². The number of carbonyl (C=O) groups is 1. The van der Waals surface area contributed by atoms with Crippen molar-refractivity contribution in [1.29, 1.82) is 0 Å². The monoisotopic (exact) mass is 537 g/mol. The Hall–Kier alpha value is -4.10. The second-order valence-corrected chi connectivity index (χ2v) is 9.45. The number of aromatic nitrogens is 1. The highest BCUT2D eigenvalue weighted by Gasteiger charge is 2.31. The first-order valence-electron chi connectivity index (χ1n) is 11.6. The number of carboxylic acids is 1. The van der Waals surface area contributed by atoms with Gasteiger partial charge in [-0.3, -0.25) is 0 Å². The maximum atomic E-state index is 14.1. The van der Waals surface area contributed by atoms with Crippen LogP contribution >= 0.6 is 11.6 Å². The quantitative estimate of drug-likeness (QED) is 0.228. The Bertz CT molecular complexity index is 1690. The molecule has 1 N–H and O–H groups in total. The van der Waals surface area contributed by atoms with E-state index in [1.54, 1.807) is 31.2 Å². The zero-order valence-electron chi connectivity index (χ0n) is 20.0. The van der Waals surface area contributed by atoms with E-state index < -0.39 is 23.5 Å². The molecule has 0 atom stereocenters. The van der Waals surface area contributed by atoms with E-state index in [1.165, 1.54) is 28.8 Å². The standard InChI is InChI=1S/C30H20ClF4NO2/c1-17-13-21(7-11-25(17)32)27-24-15-20(19-5-9-23(31)10-6-19)8-12-26(24)36(28(27)29(37)38)16-18-3-2-4-22(14-18)30(33,34)35/h2-15H,16H2,1H3,(H,37,38). The van der Waals surface area contributed by atoms with E-state index in [2.05, 4.69) is 0 Å². The molecule has 0 aliphatic carbocycles. The van der Waals surface area contributed by atoms with Gasteiger partial charge in [-0.05, 0) is 83.3 Å². The second kappa shape index (κ2) is 9.65. The predicted octanol–water partition coefficient (Wildman–Crippen LogP) is 8.84. The van der Waals surface area contributed by atoms with Gasteiger partial charge in [0.1, 0.15) is 11.5 Å². The Morgan fingerprint density at radius 2 is 1.58 bits per heavy atom. The van der Waals surface area contributed by atoms with Gasteiger partial charge in [-0.15, -0.1) is 0 Å². The number of alkyl halides is 3. The summed E-state index contributed by atoms with van der Waals surface area (Å²) in [6.07, 6.45) is -4.53. The van der Waals surface area contributed by atoms with E-state index >= 15 is 0 Å². The zero-order valence-corrected chi connectivity index (χ0v) is 20.7. The van der Waals surface area contributed by atoms with Crippen molar-refractivity contribution in [3.8, 4) is 22.3 Å². The Labute approximate surface area is 220 Å². The average Bonchev–Trinajstić information content (AvgIpc) is 3.19. The molecule has 192 valence electrons. The lowest BCUT2D eigenvalue weighted by molar-refractivity contribution is -0.137. The molecule has 3 nitrogen and oxygen atoms in total. The first-order valence-corrected chi connectivity index (χ1v) is 12.0. The van der Waals surface area contributed by atoms with Crippen molar-refractivity contribution in [3.05, 3.63) is 118 Å². The lowest BCUT2D eigenvalue weighted by atomic mass is 9.97. The summed E-state index contributed by atoms with van der Waals surface area (Å²) < 4.78 is 55.7. The lowest BCUT2D eigenvalue weighted by Gasteiger charge is -2.12. The molecule has 4 aromatic carbocycles. The number of aryl methyl sites for hydroxylation is 1. The smallest absolute Gasteiger partial charge is 0.416 e. The minimum atomic E-state index is -4.53. The molecule has 0 saturated carbocycles. The van der Waals surface area contributed by atoms with Gasteiger partial charge in [0.25, 0.3) is 0 Å². The molecule has 0 bridgehead atoms. The maximum Gasteiger partial charge on any atom is 0.416 e. The van der Waals surface area contributed by atoms with Crippen molar-refractivity contribution >= 4 is 28.5 Å². The van der Waals surface area contributed by atoms with Crippen molar-refractivity contribution in [2.75, 3.05) is 0 Å². The lowest BCUT2D eigenvalue weighted by Crippen LogP contribution is -2.12. The minimum absolute atomic E-state index is 0.100. The van der Waals surface area contributed by atoms with Crippen molar-refractivity contribution < 1.29 is 27.5 Å². The number of aromatic carboxylic acids is 1. The topological polar surface area (TPSA) is 42.2 Å². The number of fused-ring (bicyclic) bond motifs is 1. The van der Waals surface area contributed by atoms with Crippen molar-refractivity contribution in [3.63, 3.8) is 0 Å². The molecular formula is C30H20ClF4NO2. The number of hydrogen-bond donors (Lipinski definition) is 1. The summed E-state index contributed by atoms with van der Waals surface area (Å²) in [6, 6.07) is 21.7. The molecule has 5 aromatic rings. The molecule has 0 radical (unpaired) electrons. The molecule has 0 aliphatic rings. The summed E-state index contributed by atoms with van der Waals surface area (Å²) >= 11 is 6.03. The highest BCUT2D eigenvalue weighted by atomic mass is 35.5. The number of benzene rings is 4. The van der Waals surface area contributed by atoms with Gasteiger partial charge < -0.3 is 9.67 Å². The Morgan fingerprint density at radius 3 is 2.24 bits per heavy atom. The van der Waals surface area contributed by atoms with E-state index in [4.69, 9.17) is 11.6 Å². The van der Waals surface area contributed by atoms with Crippen LogP contribution in [0.4, 0.5) is 17.6 Å². The third kappa shape index (κ3) is 4.77. The number of nitrogens with zero attached hydrogens (tertiary/aromatic N) is 1. The third-order valence-corrected chi connectivity index (χ3v) is 6.74. The van der Waals surface area contributed by atoms with Crippen LogP contribution in [0.5, 0.6) is 0 Å². The summed E-state index contributed by atoms with van der Waals surface area (Å²) in [5.41, 5.74) is 2.73. The fourth-order valence-corrected chi connectivity index (χ4v) is 4.81. The van der Waals surface area contributed by atoms with Gasteiger partial charge in [-0.2, -0.15) is 13.2 Å². The van der Waals surface area contributed by atoms with Crippen LogP contribution in [-0.4, -0.2) is 15.6 Å². The molecule has 8 heteroatoms. The van der Waals surface area contributed by atoms with Crippen LogP contribution in [0.25, 0.3) is 33.2 Å². The normalized spacial score (nSPS) is 11.7. The molecule has 0 aliphatic heterocycles. The van der Waals surface area contributed by atoms with Crippen LogP contribution in [0.2, 0.25) is 5.02 Å². The highest BCUT2D eigenvalue weighted by Crippen LogP contribution is 2.39. The van der Waals surface area contributed by atoms with Crippen LogP contribution in [0, 0.1) is 12.7 Å². The van der Waals surface area contributed by atoms with E-state index in [0.717, 1.165) is 23.3 Å². The van der Waals surface area contributed by atoms with Crippen molar-refractivity contribution in [1.82, 2.24) is 4.57 Å². The summed E-state index contributed by atoms with van der Waals surface area (Å²) in [7, 11) is 0. The summed E-state index contributed by atoms with van der Waals surface area (Å²) in [6.45, 7) is 1.47. The first-order chi connectivity index (χ1) is 18.0. The van der Waals surface area contributed by atoms with Crippen LogP contribution < -0.4 is 0 Å². The van der Waals surface area contributed by atoms with Crippen LogP contribution in [0.1, 0.15) is 27.2 Å². The molecule has 1 aromatic heterocycles. The van der Waals surface area contributed by atoms with Gasteiger partial charge in [0.15, 0.2) is 0 Å². The third-order valence-electron chi connectivity index (χ3n) is 6.49. The average molecular weight is 538 g/mol. The van der Waals surface area contributed by atoms with Gasteiger partial charge in [-0.1, -0.05) is 48.0 Å². The van der Waals surface area contributed by atoms with Gasteiger partial charge in [-0.25, -0.2) is 9.18 Å². The summed E-state index contributed by atoms with van der Waals surface area (Å²) in [5.74, 6) is -1.68.